The fourth-order valence-electron chi connectivity index (χ4n) is 1.79. The van der Waals surface area contributed by atoms with Crippen LogP contribution in [0.25, 0.3) is 5.65 Å². The summed E-state index contributed by atoms with van der Waals surface area (Å²) in [7, 11) is 0. The molecule has 5 heteroatoms. The first-order chi connectivity index (χ1) is 7.34. The van der Waals surface area contributed by atoms with Gasteiger partial charge in [0, 0.05) is 19.2 Å². The van der Waals surface area contributed by atoms with Gasteiger partial charge in [0.25, 0.3) is 5.95 Å². The maximum absolute atomic E-state index is 11.5. The second-order valence-corrected chi connectivity index (χ2v) is 3.56. The minimum atomic E-state index is 0.117. The average Bonchev–Trinajstić information content (AvgIpc) is 2.82. The molecule has 0 unspecified atom stereocenters. The number of amides is 1. The van der Waals surface area contributed by atoms with E-state index in [1.165, 1.54) is 0 Å². The lowest BCUT2D eigenvalue weighted by Crippen LogP contribution is -2.24. The zero-order valence-corrected chi connectivity index (χ0v) is 8.13. The van der Waals surface area contributed by atoms with Crippen LogP contribution in [0.2, 0.25) is 0 Å². The van der Waals surface area contributed by atoms with Crippen LogP contribution in [-0.2, 0) is 4.79 Å². The van der Waals surface area contributed by atoms with Crippen molar-refractivity contribution in [1.82, 2.24) is 14.6 Å². The Morgan fingerprint density at radius 1 is 1.33 bits per heavy atom. The van der Waals surface area contributed by atoms with Gasteiger partial charge < -0.3 is 0 Å². The molecule has 2 aromatic heterocycles. The van der Waals surface area contributed by atoms with Crippen molar-refractivity contribution in [3.05, 3.63) is 24.4 Å². The fraction of sp³-hybridized carbons (Fsp3) is 0.300. The lowest BCUT2D eigenvalue weighted by atomic mass is 10.4. The summed E-state index contributed by atoms with van der Waals surface area (Å²) < 4.78 is 1.68. The number of hydrogen-bond acceptors (Lipinski definition) is 3. The molecule has 1 amide bonds. The van der Waals surface area contributed by atoms with E-state index in [9.17, 15) is 4.79 Å². The standard InChI is InChI=1S/C10H10N4O/c15-9-5-3-6-13(9)10-11-8-4-1-2-7-14(8)12-10/h1-2,4,7H,3,5-6H2. The van der Waals surface area contributed by atoms with E-state index in [0.717, 1.165) is 18.6 Å². The second-order valence-electron chi connectivity index (χ2n) is 3.56. The maximum Gasteiger partial charge on any atom is 0.252 e. The van der Waals surface area contributed by atoms with Crippen LogP contribution >= 0.6 is 0 Å². The Labute approximate surface area is 86.3 Å². The Kier molecular flexibility index (Phi) is 1.71. The molecule has 0 atom stereocenters. The quantitative estimate of drug-likeness (QED) is 0.689. The van der Waals surface area contributed by atoms with E-state index in [1.807, 2.05) is 24.4 Å². The van der Waals surface area contributed by atoms with Gasteiger partial charge in [0.05, 0.1) is 0 Å². The third kappa shape index (κ3) is 1.27. The molecular formula is C10H10N4O. The van der Waals surface area contributed by atoms with E-state index in [1.54, 1.807) is 9.42 Å². The lowest BCUT2D eigenvalue weighted by molar-refractivity contribution is -0.117. The summed E-state index contributed by atoms with van der Waals surface area (Å²) in [5.74, 6) is 0.634. The molecule has 1 aliphatic rings. The van der Waals surface area contributed by atoms with E-state index < -0.39 is 0 Å². The van der Waals surface area contributed by atoms with Crippen molar-refractivity contribution in [3.8, 4) is 0 Å². The Balaban J connectivity index is 2.08. The van der Waals surface area contributed by atoms with Crippen molar-refractivity contribution < 1.29 is 4.79 Å². The van der Waals surface area contributed by atoms with Gasteiger partial charge in [-0.15, -0.1) is 5.10 Å². The number of carbonyl (C=O) groups excluding carboxylic acids is 1. The zero-order valence-electron chi connectivity index (χ0n) is 8.13. The third-order valence-electron chi connectivity index (χ3n) is 2.54. The van der Waals surface area contributed by atoms with Crippen molar-refractivity contribution in [2.75, 3.05) is 11.4 Å². The van der Waals surface area contributed by atoms with Crippen LogP contribution in [0, 0.1) is 0 Å². The number of pyridine rings is 1. The highest BCUT2D eigenvalue weighted by molar-refractivity contribution is 5.93. The predicted octanol–water partition coefficient (Wildman–Crippen LogP) is 0.856. The molecule has 2 aromatic rings. The molecular weight excluding hydrogens is 192 g/mol. The highest BCUT2D eigenvalue weighted by Gasteiger charge is 2.24. The van der Waals surface area contributed by atoms with Gasteiger partial charge in [0.1, 0.15) is 0 Å². The average molecular weight is 202 g/mol. The zero-order chi connectivity index (χ0) is 10.3. The smallest absolute Gasteiger partial charge is 0.252 e. The summed E-state index contributed by atoms with van der Waals surface area (Å²) in [6, 6.07) is 5.66. The van der Waals surface area contributed by atoms with Crippen molar-refractivity contribution in [3.63, 3.8) is 0 Å². The van der Waals surface area contributed by atoms with Crippen LogP contribution in [-0.4, -0.2) is 27.0 Å². The number of rotatable bonds is 1. The third-order valence-corrected chi connectivity index (χ3v) is 2.54. The molecule has 1 fully saturated rings. The minimum Gasteiger partial charge on any atom is -0.279 e. The molecule has 3 rings (SSSR count). The summed E-state index contributed by atoms with van der Waals surface area (Å²) in [6.45, 7) is 0.732. The van der Waals surface area contributed by atoms with Crippen LogP contribution in [0.5, 0.6) is 0 Å². The summed E-state index contributed by atoms with van der Waals surface area (Å²) in [6.07, 6.45) is 3.33. The fourth-order valence-corrected chi connectivity index (χ4v) is 1.79. The van der Waals surface area contributed by atoms with E-state index in [-0.39, 0.29) is 5.91 Å². The van der Waals surface area contributed by atoms with Crippen LogP contribution in [0.1, 0.15) is 12.8 Å². The number of nitrogens with zero attached hydrogens (tertiary/aromatic N) is 4. The molecule has 1 aliphatic heterocycles. The van der Waals surface area contributed by atoms with Gasteiger partial charge >= 0.3 is 0 Å². The molecule has 76 valence electrons. The molecule has 0 aromatic carbocycles. The first-order valence-electron chi connectivity index (χ1n) is 4.96. The molecule has 0 saturated carbocycles. The molecule has 0 bridgehead atoms. The number of hydrogen-bond donors (Lipinski definition) is 0. The van der Waals surface area contributed by atoms with Gasteiger partial charge in [-0.25, -0.2) is 4.52 Å². The van der Waals surface area contributed by atoms with Gasteiger partial charge in [0.2, 0.25) is 5.91 Å². The first kappa shape index (κ1) is 8.40. The monoisotopic (exact) mass is 202 g/mol. The van der Waals surface area contributed by atoms with Gasteiger partial charge in [-0.1, -0.05) is 6.07 Å². The minimum absolute atomic E-state index is 0.117. The van der Waals surface area contributed by atoms with Gasteiger partial charge in [0.15, 0.2) is 5.65 Å². The Hall–Kier alpha value is -1.91. The number of aromatic nitrogens is 3. The summed E-state index contributed by atoms with van der Waals surface area (Å²) in [5.41, 5.74) is 0.771. The molecule has 1 saturated heterocycles. The highest BCUT2D eigenvalue weighted by Crippen LogP contribution is 2.17. The second kappa shape index (κ2) is 3.05. The Morgan fingerprint density at radius 2 is 2.27 bits per heavy atom. The summed E-state index contributed by atoms with van der Waals surface area (Å²) in [5, 5.41) is 4.26. The van der Waals surface area contributed by atoms with Gasteiger partial charge in [-0.05, 0) is 18.6 Å². The van der Waals surface area contributed by atoms with E-state index >= 15 is 0 Å². The normalized spacial score (nSPS) is 16.5. The Bertz CT molecular complexity index is 486. The van der Waals surface area contributed by atoms with Gasteiger partial charge in [-0.3, -0.25) is 9.69 Å². The molecule has 0 aliphatic carbocycles. The van der Waals surface area contributed by atoms with Crippen LogP contribution in [0.3, 0.4) is 0 Å². The Morgan fingerprint density at radius 3 is 3.00 bits per heavy atom. The van der Waals surface area contributed by atoms with Crippen molar-refractivity contribution in [2.24, 2.45) is 0 Å². The largest absolute Gasteiger partial charge is 0.279 e. The molecule has 0 radical (unpaired) electrons. The molecule has 0 N–H and O–H groups in total. The van der Waals surface area contributed by atoms with E-state index in [2.05, 4.69) is 10.1 Å². The molecule has 3 heterocycles. The van der Waals surface area contributed by atoms with Gasteiger partial charge in [-0.2, -0.15) is 4.98 Å². The SMILES string of the molecule is O=C1CCCN1c1nc2ccccn2n1. The lowest BCUT2D eigenvalue weighted by Gasteiger charge is -2.08. The summed E-state index contributed by atoms with van der Waals surface area (Å²) >= 11 is 0. The van der Waals surface area contributed by atoms with Crippen LogP contribution in [0.4, 0.5) is 5.95 Å². The van der Waals surface area contributed by atoms with E-state index in [0.29, 0.717) is 12.4 Å². The molecule has 15 heavy (non-hydrogen) atoms. The van der Waals surface area contributed by atoms with Crippen LogP contribution in [0.15, 0.2) is 24.4 Å². The van der Waals surface area contributed by atoms with Crippen molar-refractivity contribution >= 4 is 17.5 Å². The highest BCUT2D eigenvalue weighted by atomic mass is 16.2. The maximum atomic E-state index is 11.5. The number of carbonyl (C=O) groups is 1. The number of fused-ring (bicyclic) bond motifs is 1. The van der Waals surface area contributed by atoms with Crippen molar-refractivity contribution in [2.45, 2.75) is 12.8 Å². The summed E-state index contributed by atoms with van der Waals surface area (Å²) in [4.78, 5) is 17.4. The molecule has 0 spiro atoms. The van der Waals surface area contributed by atoms with E-state index in [4.69, 9.17) is 0 Å². The predicted molar refractivity (Wildman–Crippen MR) is 54.6 cm³/mol. The first-order valence-corrected chi connectivity index (χ1v) is 4.96. The number of anilines is 1. The van der Waals surface area contributed by atoms with Crippen molar-refractivity contribution in [1.29, 1.82) is 0 Å². The topological polar surface area (TPSA) is 50.5 Å². The van der Waals surface area contributed by atoms with Crippen LogP contribution < -0.4 is 4.90 Å². The molecule has 5 nitrogen and oxygen atoms in total.